The number of pyridine rings is 2. The molecule has 0 radical (unpaired) electrons. The van der Waals surface area contributed by atoms with Gasteiger partial charge >= 0.3 is 0 Å². The highest BCUT2D eigenvalue weighted by Gasteiger charge is 2.11. The van der Waals surface area contributed by atoms with Crippen molar-refractivity contribution in [1.29, 1.82) is 0 Å². The van der Waals surface area contributed by atoms with Crippen LogP contribution in [0.1, 0.15) is 64.2 Å². The summed E-state index contributed by atoms with van der Waals surface area (Å²) in [5.41, 5.74) is 4.65. The van der Waals surface area contributed by atoms with Crippen LogP contribution in [-0.4, -0.2) is 9.97 Å². The van der Waals surface area contributed by atoms with Gasteiger partial charge in [-0.15, -0.1) is 0 Å². The maximum atomic E-state index is 6.19. The van der Waals surface area contributed by atoms with Gasteiger partial charge in [0, 0.05) is 67.6 Å². The summed E-state index contributed by atoms with van der Waals surface area (Å²) in [6.45, 7) is 2.15. The number of hydrogen-bond donors (Lipinski definition) is 2. The first-order valence-corrected chi connectivity index (χ1v) is 15.6. The smallest absolute Gasteiger partial charge is 0.193 e. The molecule has 4 heterocycles. The number of aromatic nitrogens is 4. The summed E-state index contributed by atoms with van der Waals surface area (Å²) in [4.78, 5) is 7.05. The van der Waals surface area contributed by atoms with Gasteiger partial charge in [-0.2, -0.15) is 0 Å². The standard InChI is InChI=1S/C34H36Cl2N4.2BrH/c35-25-11-13-31-29(21-25)27-15-19-39(23-33(27)37-31)17-9-7-5-3-1-2-4-6-8-10-18-40-20-16-28-30-22-26(36)12-14-32(30)38-34(28)24-40;;/h11-16,19-24H,1-10,17-18H2;2*1H. The van der Waals surface area contributed by atoms with E-state index in [9.17, 15) is 0 Å². The van der Waals surface area contributed by atoms with Crippen molar-refractivity contribution in [2.24, 2.45) is 0 Å². The molecule has 4 nitrogen and oxygen atoms in total. The van der Waals surface area contributed by atoms with Crippen molar-refractivity contribution in [3.63, 3.8) is 0 Å². The molecule has 0 aliphatic rings. The molecule has 0 aliphatic heterocycles. The van der Waals surface area contributed by atoms with E-state index in [-0.39, 0.29) is 34.0 Å². The second-order valence-corrected chi connectivity index (χ2v) is 12.1. The van der Waals surface area contributed by atoms with Crippen LogP contribution >= 0.6 is 23.2 Å². The largest absolute Gasteiger partial charge is 1.00 e. The van der Waals surface area contributed by atoms with E-state index in [1.54, 1.807) is 0 Å². The number of halogens is 4. The maximum absolute atomic E-state index is 6.19. The molecule has 0 bridgehead atoms. The summed E-state index contributed by atoms with van der Waals surface area (Å²) in [7, 11) is 0. The van der Waals surface area contributed by atoms with E-state index in [0.29, 0.717) is 0 Å². The molecule has 4 aromatic heterocycles. The Morgan fingerprint density at radius 2 is 0.833 bits per heavy atom. The molecule has 0 fully saturated rings. The Kier molecular flexibility index (Phi) is 12.1. The molecule has 0 atom stereocenters. The van der Waals surface area contributed by atoms with Crippen molar-refractivity contribution in [2.75, 3.05) is 0 Å². The van der Waals surface area contributed by atoms with Gasteiger partial charge in [0.1, 0.15) is 24.1 Å². The average molecular weight is 733 g/mol. The van der Waals surface area contributed by atoms with Gasteiger partial charge in [-0.1, -0.05) is 61.7 Å². The normalized spacial score (nSPS) is 11.4. The molecule has 0 amide bonds. The number of benzene rings is 2. The maximum Gasteiger partial charge on any atom is 0.193 e. The second kappa shape index (κ2) is 15.6. The lowest BCUT2D eigenvalue weighted by atomic mass is 10.1. The fraction of sp³-hybridized carbons (Fsp3) is 0.353. The fourth-order valence-corrected chi connectivity index (χ4v) is 6.36. The number of nitrogens with zero attached hydrogens (tertiary/aromatic N) is 2. The van der Waals surface area contributed by atoms with Crippen LogP contribution in [0.5, 0.6) is 0 Å². The van der Waals surface area contributed by atoms with Gasteiger partial charge in [-0.05, 0) is 49.2 Å². The molecule has 222 valence electrons. The Balaban J connectivity index is 0.00000202. The van der Waals surface area contributed by atoms with Gasteiger partial charge in [0.25, 0.3) is 0 Å². The third-order valence-electron chi connectivity index (χ3n) is 8.20. The van der Waals surface area contributed by atoms with Crippen LogP contribution in [0.3, 0.4) is 0 Å². The SMILES string of the molecule is Clc1ccc2[nH]c3c[n+](CCCCCCCCCCCC[n+]4ccc5c(c4)[nH]c4ccc(Cl)cc45)ccc3c2c1.[Br-].[Br-]. The topological polar surface area (TPSA) is 39.3 Å². The molecule has 8 heteroatoms. The first kappa shape index (κ1) is 32.8. The second-order valence-electron chi connectivity index (χ2n) is 11.2. The van der Waals surface area contributed by atoms with Gasteiger partial charge in [0.05, 0.1) is 0 Å². The quantitative estimate of drug-likeness (QED) is 0.135. The van der Waals surface area contributed by atoms with Crippen molar-refractivity contribution in [3.8, 4) is 0 Å². The Morgan fingerprint density at radius 1 is 0.452 bits per heavy atom. The van der Waals surface area contributed by atoms with Crippen LogP contribution in [0.2, 0.25) is 10.0 Å². The van der Waals surface area contributed by atoms with E-state index in [2.05, 4.69) is 68.2 Å². The fourth-order valence-electron chi connectivity index (χ4n) is 6.01. The summed E-state index contributed by atoms with van der Waals surface area (Å²) in [5, 5.41) is 6.45. The van der Waals surface area contributed by atoms with E-state index in [4.69, 9.17) is 23.2 Å². The first-order valence-electron chi connectivity index (χ1n) is 14.8. The lowest BCUT2D eigenvalue weighted by molar-refractivity contribution is -0.696. The minimum absolute atomic E-state index is 0. The molecule has 0 saturated heterocycles. The lowest BCUT2D eigenvalue weighted by Gasteiger charge is -2.02. The molecule has 0 saturated carbocycles. The summed E-state index contributed by atoms with van der Waals surface area (Å²) >= 11 is 12.4. The van der Waals surface area contributed by atoms with Gasteiger partial charge in [0.15, 0.2) is 24.8 Å². The van der Waals surface area contributed by atoms with Crippen molar-refractivity contribution < 1.29 is 43.1 Å². The monoisotopic (exact) mass is 730 g/mol. The predicted molar refractivity (Wildman–Crippen MR) is 168 cm³/mol. The van der Waals surface area contributed by atoms with Gasteiger partial charge in [0.2, 0.25) is 0 Å². The van der Waals surface area contributed by atoms with Gasteiger partial charge < -0.3 is 43.9 Å². The van der Waals surface area contributed by atoms with Crippen molar-refractivity contribution in [2.45, 2.75) is 77.3 Å². The number of H-pyrrole nitrogens is 2. The van der Waals surface area contributed by atoms with Crippen molar-refractivity contribution >= 4 is 66.8 Å². The molecule has 0 spiro atoms. The lowest BCUT2D eigenvalue weighted by Crippen LogP contribution is -3.00. The van der Waals surface area contributed by atoms with Gasteiger partial charge in [-0.3, -0.25) is 0 Å². The van der Waals surface area contributed by atoms with Crippen LogP contribution in [0.25, 0.3) is 43.6 Å². The summed E-state index contributed by atoms with van der Waals surface area (Å²) in [6.07, 6.45) is 22.1. The Hall–Kier alpha value is -2.12. The highest BCUT2D eigenvalue weighted by Crippen LogP contribution is 2.28. The predicted octanol–water partition coefficient (Wildman–Crippen LogP) is 3.45. The molecular weight excluding hydrogens is 695 g/mol. The molecule has 6 aromatic rings. The van der Waals surface area contributed by atoms with Crippen molar-refractivity contribution in [1.82, 2.24) is 9.97 Å². The van der Waals surface area contributed by atoms with E-state index < -0.39 is 0 Å². The molecule has 0 unspecified atom stereocenters. The van der Waals surface area contributed by atoms with Crippen LogP contribution in [-0.2, 0) is 13.1 Å². The zero-order valence-electron chi connectivity index (χ0n) is 23.8. The molecule has 2 aromatic carbocycles. The number of rotatable bonds is 13. The zero-order valence-corrected chi connectivity index (χ0v) is 28.5. The average Bonchev–Trinajstić information content (AvgIpc) is 3.50. The van der Waals surface area contributed by atoms with Crippen LogP contribution in [0.15, 0.2) is 73.3 Å². The van der Waals surface area contributed by atoms with E-state index in [1.165, 1.54) is 96.8 Å². The molecule has 42 heavy (non-hydrogen) atoms. The number of aryl methyl sites for hydroxylation is 2. The Labute approximate surface area is 279 Å². The summed E-state index contributed by atoms with van der Waals surface area (Å²) < 4.78 is 4.62. The number of nitrogens with one attached hydrogen (secondary N) is 2. The minimum atomic E-state index is 0. The van der Waals surface area contributed by atoms with Gasteiger partial charge in [-0.25, -0.2) is 9.13 Å². The van der Waals surface area contributed by atoms with Crippen LogP contribution < -0.4 is 43.1 Å². The first-order chi connectivity index (χ1) is 19.6. The number of fused-ring (bicyclic) bond motifs is 6. The van der Waals surface area contributed by atoms with E-state index in [0.717, 1.165) is 34.2 Å². The summed E-state index contributed by atoms with van der Waals surface area (Å²) in [5.74, 6) is 0. The Morgan fingerprint density at radius 3 is 1.24 bits per heavy atom. The third kappa shape index (κ3) is 7.88. The summed E-state index contributed by atoms with van der Waals surface area (Å²) in [6, 6.07) is 16.5. The highest BCUT2D eigenvalue weighted by molar-refractivity contribution is 6.32. The molecule has 2 N–H and O–H groups in total. The van der Waals surface area contributed by atoms with E-state index in [1.807, 2.05) is 24.3 Å². The molecule has 6 rings (SSSR count). The third-order valence-corrected chi connectivity index (χ3v) is 8.67. The zero-order chi connectivity index (χ0) is 27.3. The number of hydrogen-bond acceptors (Lipinski definition) is 0. The molecule has 0 aliphatic carbocycles. The highest BCUT2D eigenvalue weighted by atomic mass is 79.9. The van der Waals surface area contributed by atoms with E-state index >= 15 is 0 Å². The Bertz CT molecular complexity index is 1630. The molecular formula is C34H38Br2Cl2N4. The minimum Gasteiger partial charge on any atom is -1.00 e. The van der Waals surface area contributed by atoms with Crippen molar-refractivity contribution in [3.05, 3.63) is 83.4 Å². The van der Waals surface area contributed by atoms with Crippen LogP contribution in [0, 0.1) is 0 Å². The number of unbranched alkanes of at least 4 members (excludes halogenated alkanes) is 9. The van der Waals surface area contributed by atoms with Crippen LogP contribution in [0.4, 0.5) is 0 Å². The number of aromatic amines is 2.